The number of halogens is 2. The second kappa shape index (κ2) is 9.18. The van der Waals surface area contributed by atoms with Gasteiger partial charge in [-0.25, -0.2) is 8.78 Å². The van der Waals surface area contributed by atoms with Gasteiger partial charge in [0.15, 0.2) is 11.6 Å². The first-order valence-corrected chi connectivity index (χ1v) is 11.8. The van der Waals surface area contributed by atoms with Gasteiger partial charge in [-0.05, 0) is 56.9 Å². The standard InChI is InChI=1S/C26H28F2N4O2/c1-15-2-6-21-23(32(15)26(33)16-3-4-16)8-7-20(17(11-29)12-31-19-13-30-14-19)25(21)34-24-9-5-18(27)10-22(24)28/h5,7-12,15-16,19,29-31H,2-4,6,13-14H2,1H3/b17-12+,29-11?/t15-/m0/s1. The fraction of sp³-hybridized carbons (Fsp3) is 0.385. The summed E-state index contributed by atoms with van der Waals surface area (Å²) in [4.78, 5) is 15.0. The van der Waals surface area contributed by atoms with Crippen molar-refractivity contribution in [3.63, 3.8) is 0 Å². The summed E-state index contributed by atoms with van der Waals surface area (Å²) in [6, 6.07) is 7.24. The lowest BCUT2D eigenvalue weighted by Gasteiger charge is -2.37. The second-order valence-corrected chi connectivity index (χ2v) is 9.25. The number of allylic oxidation sites excluding steroid dienone is 1. The van der Waals surface area contributed by atoms with Crippen LogP contribution in [0.5, 0.6) is 11.5 Å². The number of hydrogen-bond donors (Lipinski definition) is 3. The minimum atomic E-state index is -0.808. The number of carbonyl (C=O) groups is 1. The van der Waals surface area contributed by atoms with Crippen molar-refractivity contribution in [3.8, 4) is 11.5 Å². The maximum atomic E-state index is 14.6. The molecule has 34 heavy (non-hydrogen) atoms. The van der Waals surface area contributed by atoms with E-state index in [1.165, 1.54) is 12.3 Å². The third kappa shape index (κ3) is 4.30. The molecule has 8 heteroatoms. The predicted octanol–water partition coefficient (Wildman–Crippen LogP) is 4.39. The van der Waals surface area contributed by atoms with Crippen LogP contribution in [0, 0.1) is 23.0 Å². The van der Waals surface area contributed by atoms with Crippen LogP contribution in [0.3, 0.4) is 0 Å². The van der Waals surface area contributed by atoms with Gasteiger partial charge in [0, 0.05) is 60.2 Å². The minimum Gasteiger partial charge on any atom is -0.453 e. The first-order valence-electron chi connectivity index (χ1n) is 11.8. The summed E-state index contributed by atoms with van der Waals surface area (Å²) in [6.45, 7) is 3.72. The minimum absolute atomic E-state index is 0.0485. The molecule has 3 aliphatic rings. The van der Waals surface area contributed by atoms with E-state index in [-0.39, 0.29) is 29.7 Å². The summed E-state index contributed by atoms with van der Waals surface area (Å²) >= 11 is 0. The molecule has 2 aliphatic heterocycles. The van der Waals surface area contributed by atoms with Gasteiger partial charge in [-0.2, -0.15) is 0 Å². The molecule has 2 aromatic rings. The van der Waals surface area contributed by atoms with Crippen molar-refractivity contribution in [1.82, 2.24) is 10.6 Å². The molecule has 0 unspecified atom stereocenters. The molecule has 1 saturated carbocycles. The largest absolute Gasteiger partial charge is 0.453 e. The molecule has 1 amide bonds. The molecule has 2 aromatic carbocycles. The molecular formula is C26H28F2N4O2. The molecule has 1 aliphatic carbocycles. The van der Waals surface area contributed by atoms with E-state index in [0.717, 1.165) is 55.7 Å². The van der Waals surface area contributed by atoms with Crippen LogP contribution in [0.4, 0.5) is 14.5 Å². The van der Waals surface area contributed by atoms with E-state index >= 15 is 0 Å². The number of rotatable bonds is 7. The van der Waals surface area contributed by atoms with Crippen LogP contribution < -0.4 is 20.3 Å². The van der Waals surface area contributed by atoms with Gasteiger partial charge in [-0.3, -0.25) is 4.79 Å². The number of ether oxygens (including phenoxy) is 1. The van der Waals surface area contributed by atoms with Crippen LogP contribution in [0.15, 0.2) is 36.5 Å². The maximum Gasteiger partial charge on any atom is 0.230 e. The van der Waals surface area contributed by atoms with E-state index in [0.29, 0.717) is 23.3 Å². The van der Waals surface area contributed by atoms with Crippen molar-refractivity contribution in [3.05, 3.63) is 59.3 Å². The lowest BCUT2D eigenvalue weighted by Crippen LogP contribution is -2.53. The van der Waals surface area contributed by atoms with Gasteiger partial charge < -0.3 is 25.7 Å². The highest BCUT2D eigenvalue weighted by Crippen LogP contribution is 2.45. The number of nitrogens with one attached hydrogen (secondary N) is 3. The highest BCUT2D eigenvalue weighted by Gasteiger charge is 2.39. The van der Waals surface area contributed by atoms with E-state index in [4.69, 9.17) is 10.1 Å². The van der Waals surface area contributed by atoms with Gasteiger partial charge >= 0.3 is 0 Å². The first-order chi connectivity index (χ1) is 16.5. The molecule has 5 rings (SSSR count). The Kier molecular flexibility index (Phi) is 6.08. The fourth-order valence-corrected chi connectivity index (χ4v) is 4.49. The molecule has 6 nitrogen and oxygen atoms in total. The molecule has 2 heterocycles. The predicted molar refractivity (Wildman–Crippen MR) is 127 cm³/mol. The molecular weight excluding hydrogens is 438 g/mol. The molecule has 0 bridgehead atoms. The Morgan fingerprint density at radius 3 is 2.65 bits per heavy atom. The number of fused-ring (bicyclic) bond motifs is 1. The van der Waals surface area contributed by atoms with Gasteiger partial charge in [0.1, 0.15) is 11.6 Å². The van der Waals surface area contributed by atoms with Gasteiger partial charge in [0.05, 0.1) is 11.7 Å². The topological polar surface area (TPSA) is 77.5 Å². The van der Waals surface area contributed by atoms with Gasteiger partial charge in [0.2, 0.25) is 5.91 Å². The fourth-order valence-electron chi connectivity index (χ4n) is 4.49. The summed E-state index contributed by atoms with van der Waals surface area (Å²) in [5.41, 5.74) is 2.75. The Bertz CT molecular complexity index is 1160. The van der Waals surface area contributed by atoms with Crippen LogP contribution in [-0.4, -0.2) is 37.3 Å². The van der Waals surface area contributed by atoms with E-state index in [2.05, 4.69) is 10.6 Å². The Morgan fingerprint density at radius 1 is 1.21 bits per heavy atom. The van der Waals surface area contributed by atoms with Crippen molar-refractivity contribution < 1.29 is 18.3 Å². The monoisotopic (exact) mass is 466 g/mol. The quantitative estimate of drug-likeness (QED) is 0.529. The molecule has 178 valence electrons. The summed E-state index contributed by atoms with van der Waals surface area (Å²) in [7, 11) is 0. The summed E-state index contributed by atoms with van der Waals surface area (Å²) in [5, 5.41) is 14.5. The molecule has 1 saturated heterocycles. The SMILES string of the molecule is C[C@H]1CCc2c(ccc(/C(C=N)=C/NC3CNC3)c2Oc2ccc(F)cc2F)N1C(=O)C1CC1. The highest BCUT2D eigenvalue weighted by molar-refractivity contribution is 6.10. The zero-order valence-corrected chi connectivity index (χ0v) is 19.0. The normalized spacial score (nSPS) is 20.4. The third-order valence-electron chi connectivity index (χ3n) is 6.74. The average Bonchev–Trinajstić information content (AvgIpc) is 3.63. The van der Waals surface area contributed by atoms with Crippen LogP contribution in [-0.2, 0) is 11.2 Å². The van der Waals surface area contributed by atoms with Gasteiger partial charge in [-0.1, -0.05) is 0 Å². The number of benzene rings is 2. The van der Waals surface area contributed by atoms with Crippen molar-refractivity contribution in [2.24, 2.45) is 5.92 Å². The van der Waals surface area contributed by atoms with Gasteiger partial charge in [-0.15, -0.1) is 0 Å². The van der Waals surface area contributed by atoms with Crippen molar-refractivity contribution >= 4 is 23.4 Å². The van der Waals surface area contributed by atoms with Crippen LogP contribution in [0.2, 0.25) is 0 Å². The van der Waals surface area contributed by atoms with Crippen molar-refractivity contribution in [2.75, 3.05) is 18.0 Å². The molecule has 3 N–H and O–H groups in total. The van der Waals surface area contributed by atoms with Gasteiger partial charge in [0.25, 0.3) is 0 Å². The Morgan fingerprint density at radius 2 is 2.00 bits per heavy atom. The zero-order chi connectivity index (χ0) is 23.8. The molecule has 1 atom stereocenters. The van der Waals surface area contributed by atoms with Crippen LogP contribution >= 0.6 is 0 Å². The second-order valence-electron chi connectivity index (χ2n) is 9.25. The Hall–Kier alpha value is -3.26. The average molecular weight is 467 g/mol. The summed E-state index contributed by atoms with van der Waals surface area (Å²) < 4.78 is 34.2. The zero-order valence-electron chi connectivity index (χ0n) is 19.0. The lowest BCUT2D eigenvalue weighted by atomic mass is 9.91. The van der Waals surface area contributed by atoms with E-state index in [1.807, 2.05) is 24.0 Å². The molecule has 0 spiro atoms. The van der Waals surface area contributed by atoms with E-state index in [9.17, 15) is 13.6 Å². The van der Waals surface area contributed by atoms with E-state index in [1.54, 1.807) is 6.20 Å². The van der Waals surface area contributed by atoms with Crippen LogP contribution in [0.25, 0.3) is 5.57 Å². The molecule has 0 radical (unpaired) electrons. The van der Waals surface area contributed by atoms with Crippen molar-refractivity contribution in [2.45, 2.75) is 44.7 Å². The summed E-state index contributed by atoms with van der Waals surface area (Å²) in [6.07, 6.45) is 6.19. The van der Waals surface area contributed by atoms with Crippen LogP contribution in [0.1, 0.15) is 37.3 Å². The maximum absolute atomic E-state index is 14.6. The molecule has 2 fully saturated rings. The Balaban J connectivity index is 1.61. The molecule has 0 aromatic heterocycles. The highest BCUT2D eigenvalue weighted by atomic mass is 19.1. The summed E-state index contributed by atoms with van der Waals surface area (Å²) in [5.74, 6) is -1.03. The first kappa shape index (κ1) is 22.5. The number of anilines is 1. The lowest BCUT2D eigenvalue weighted by molar-refractivity contribution is -0.120. The third-order valence-corrected chi connectivity index (χ3v) is 6.74. The smallest absolute Gasteiger partial charge is 0.230 e. The number of hydrogen-bond acceptors (Lipinski definition) is 5. The van der Waals surface area contributed by atoms with E-state index < -0.39 is 11.6 Å². The number of nitrogens with zero attached hydrogens (tertiary/aromatic N) is 1. The van der Waals surface area contributed by atoms with Crippen molar-refractivity contribution in [1.29, 1.82) is 5.41 Å². The number of amides is 1. The number of carbonyl (C=O) groups excluding carboxylic acids is 1. The Labute approximate surface area is 197 Å².